The molecule has 3 heteroatoms. The molecule has 0 saturated carbocycles. The number of nitrogens with zero attached hydrogens (tertiary/aromatic N) is 1. The molecule has 0 fully saturated rings. The quantitative estimate of drug-likeness (QED) is 0.855. The maximum Gasteiger partial charge on any atom is 0.310 e. The lowest BCUT2D eigenvalue weighted by molar-refractivity contribution is -0.147. The smallest absolute Gasteiger partial charge is 0.310 e. The SMILES string of the molecule is CC(C)c1ccc(CN(C)CC(C)(C)C(=O)O)cc1. The Bertz CT molecular complexity index is 421. The second-order valence-corrected chi connectivity index (χ2v) is 6.26. The number of carboxylic acids is 1. The minimum absolute atomic E-state index is 0.536. The minimum Gasteiger partial charge on any atom is -0.481 e. The fourth-order valence-corrected chi connectivity index (χ4v) is 2.12. The summed E-state index contributed by atoms with van der Waals surface area (Å²) in [6, 6.07) is 8.55. The largest absolute Gasteiger partial charge is 0.481 e. The van der Waals surface area contributed by atoms with Crippen molar-refractivity contribution in [3.8, 4) is 0 Å². The van der Waals surface area contributed by atoms with E-state index in [1.165, 1.54) is 11.1 Å². The Morgan fingerprint density at radius 1 is 1.26 bits per heavy atom. The van der Waals surface area contributed by atoms with E-state index in [1.807, 2.05) is 7.05 Å². The molecule has 19 heavy (non-hydrogen) atoms. The van der Waals surface area contributed by atoms with Gasteiger partial charge in [-0.25, -0.2) is 0 Å². The standard InChI is InChI=1S/C16H25NO2/c1-12(2)14-8-6-13(7-9-14)10-17(5)11-16(3,4)15(18)19/h6-9,12H,10-11H2,1-5H3,(H,18,19). The summed E-state index contributed by atoms with van der Waals surface area (Å²) in [5.74, 6) is -0.216. The molecule has 0 aliphatic heterocycles. The van der Waals surface area contributed by atoms with Gasteiger partial charge < -0.3 is 10.0 Å². The van der Waals surface area contributed by atoms with Crippen molar-refractivity contribution >= 4 is 5.97 Å². The molecule has 0 aliphatic carbocycles. The molecule has 0 spiro atoms. The van der Waals surface area contributed by atoms with Crippen LogP contribution in [0.15, 0.2) is 24.3 Å². The first-order chi connectivity index (χ1) is 8.72. The summed E-state index contributed by atoms with van der Waals surface area (Å²) in [6.07, 6.45) is 0. The fraction of sp³-hybridized carbons (Fsp3) is 0.562. The minimum atomic E-state index is -0.755. The van der Waals surface area contributed by atoms with Crippen molar-refractivity contribution in [3.63, 3.8) is 0 Å². The predicted molar refractivity (Wildman–Crippen MR) is 78.3 cm³/mol. The Labute approximate surface area is 116 Å². The number of aliphatic carboxylic acids is 1. The third-order valence-corrected chi connectivity index (χ3v) is 3.34. The normalized spacial score (nSPS) is 12.2. The highest BCUT2D eigenvalue weighted by Crippen LogP contribution is 2.19. The van der Waals surface area contributed by atoms with Crippen molar-refractivity contribution in [3.05, 3.63) is 35.4 Å². The molecule has 0 radical (unpaired) electrons. The predicted octanol–water partition coefficient (Wildman–Crippen LogP) is 3.35. The second kappa shape index (κ2) is 6.20. The van der Waals surface area contributed by atoms with Crippen LogP contribution in [0.1, 0.15) is 44.7 Å². The lowest BCUT2D eigenvalue weighted by Gasteiger charge is -2.26. The third-order valence-electron chi connectivity index (χ3n) is 3.34. The molecule has 106 valence electrons. The molecule has 0 atom stereocenters. The van der Waals surface area contributed by atoms with Gasteiger partial charge >= 0.3 is 5.97 Å². The Morgan fingerprint density at radius 3 is 2.21 bits per heavy atom. The van der Waals surface area contributed by atoms with E-state index in [1.54, 1.807) is 13.8 Å². The fourth-order valence-electron chi connectivity index (χ4n) is 2.12. The summed E-state index contributed by atoms with van der Waals surface area (Å²) in [7, 11) is 1.96. The molecule has 0 aromatic heterocycles. The molecule has 1 aromatic rings. The zero-order valence-electron chi connectivity index (χ0n) is 12.6. The van der Waals surface area contributed by atoms with Gasteiger partial charge in [0.15, 0.2) is 0 Å². The van der Waals surface area contributed by atoms with E-state index >= 15 is 0 Å². The zero-order chi connectivity index (χ0) is 14.6. The number of carbonyl (C=O) groups is 1. The maximum atomic E-state index is 11.1. The average Bonchev–Trinajstić information content (AvgIpc) is 2.28. The topological polar surface area (TPSA) is 40.5 Å². The van der Waals surface area contributed by atoms with Crippen LogP contribution < -0.4 is 0 Å². The van der Waals surface area contributed by atoms with E-state index in [-0.39, 0.29) is 0 Å². The van der Waals surface area contributed by atoms with Gasteiger partial charge in [-0.3, -0.25) is 4.79 Å². The van der Waals surface area contributed by atoms with Gasteiger partial charge in [0.25, 0.3) is 0 Å². The lowest BCUT2D eigenvalue weighted by Crippen LogP contribution is -2.36. The first kappa shape index (κ1) is 15.7. The van der Waals surface area contributed by atoms with Gasteiger partial charge in [-0.2, -0.15) is 0 Å². The Hall–Kier alpha value is -1.35. The molecular weight excluding hydrogens is 238 g/mol. The van der Waals surface area contributed by atoms with E-state index in [0.29, 0.717) is 12.5 Å². The Balaban J connectivity index is 2.62. The van der Waals surface area contributed by atoms with Gasteiger partial charge in [-0.1, -0.05) is 38.1 Å². The van der Waals surface area contributed by atoms with Crippen LogP contribution in [0.3, 0.4) is 0 Å². The molecule has 1 N–H and O–H groups in total. The summed E-state index contributed by atoms with van der Waals surface area (Å²) in [6.45, 7) is 9.18. The van der Waals surface area contributed by atoms with Crippen molar-refractivity contribution in [1.29, 1.82) is 0 Å². The molecule has 0 saturated heterocycles. The Kier molecular flexibility index (Phi) is 5.12. The van der Waals surface area contributed by atoms with E-state index in [2.05, 4.69) is 43.0 Å². The van der Waals surface area contributed by atoms with E-state index < -0.39 is 11.4 Å². The molecule has 0 unspecified atom stereocenters. The third kappa shape index (κ3) is 4.67. The van der Waals surface area contributed by atoms with Gasteiger partial charge in [0, 0.05) is 13.1 Å². The van der Waals surface area contributed by atoms with E-state index in [0.717, 1.165) is 6.54 Å². The van der Waals surface area contributed by atoms with Gasteiger partial charge in [0.05, 0.1) is 5.41 Å². The summed E-state index contributed by atoms with van der Waals surface area (Å²) >= 11 is 0. The summed E-state index contributed by atoms with van der Waals surface area (Å²) < 4.78 is 0. The van der Waals surface area contributed by atoms with Crippen LogP contribution in [0, 0.1) is 5.41 Å². The highest BCUT2D eigenvalue weighted by molar-refractivity contribution is 5.73. The van der Waals surface area contributed by atoms with Gasteiger partial charge in [-0.05, 0) is 37.9 Å². The van der Waals surface area contributed by atoms with Crippen LogP contribution in [0.2, 0.25) is 0 Å². The van der Waals surface area contributed by atoms with Gasteiger partial charge in [-0.15, -0.1) is 0 Å². The first-order valence-corrected chi connectivity index (χ1v) is 6.73. The monoisotopic (exact) mass is 263 g/mol. The van der Waals surface area contributed by atoms with Crippen molar-refractivity contribution < 1.29 is 9.90 Å². The van der Waals surface area contributed by atoms with Gasteiger partial charge in [0.2, 0.25) is 0 Å². The van der Waals surface area contributed by atoms with Crippen LogP contribution in [0.25, 0.3) is 0 Å². The molecule has 3 nitrogen and oxygen atoms in total. The number of benzene rings is 1. The second-order valence-electron chi connectivity index (χ2n) is 6.26. The highest BCUT2D eigenvalue weighted by Gasteiger charge is 2.28. The molecule has 0 amide bonds. The summed E-state index contributed by atoms with van der Waals surface area (Å²) in [5.41, 5.74) is 1.83. The van der Waals surface area contributed by atoms with Crippen LogP contribution in [-0.2, 0) is 11.3 Å². The number of hydrogen-bond donors (Lipinski definition) is 1. The first-order valence-electron chi connectivity index (χ1n) is 6.73. The summed E-state index contributed by atoms with van der Waals surface area (Å²) in [4.78, 5) is 13.2. The lowest BCUT2D eigenvalue weighted by atomic mass is 9.93. The van der Waals surface area contributed by atoms with Crippen molar-refractivity contribution in [2.75, 3.05) is 13.6 Å². The number of hydrogen-bond acceptors (Lipinski definition) is 2. The molecule has 0 bridgehead atoms. The Morgan fingerprint density at radius 2 is 1.79 bits per heavy atom. The molecule has 1 rings (SSSR count). The molecular formula is C16H25NO2. The highest BCUT2D eigenvalue weighted by atomic mass is 16.4. The van der Waals surface area contributed by atoms with Gasteiger partial charge in [0.1, 0.15) is 0 Å². The summed E-state index contributed by atoms with van der Waals surface area (Å²) in [5, 5.41) is 9.13. The van der Waals surface area contributed by atoms with Crippen molar-refractivity contribution in [2.45, 2.75) is 40.2 Å². The number of rotatable bonds is 6. The number of carboxylic acid groups (broad SMARTS) is 1. The van der Waals surface area contributed by atoms with Crippen molar-refractivity contribution in [1.82, 2.24) is 4.90 Å². The van der Waals surface area contributed by atoms with Crippen LogP contribution in [0.4, 0.5) is 0 Å². The van der Waals surface area contributed by atoms with Crippen molar-refractivity contribution in [2.24, 2.45) is 5.41 Å². The molecule has 1 aromatic carbocycles. The van der Waals surface area contributed by atoms with E-state index in [4.69, 9.17) is 5.11 Å². The zero-order valence-corrected chi connectivity index (χ0v) is 12.6. The van der Waals surface area contributed by atoms with Crippen LogP contribution in [0.5, 0.6) is 0 Å². The molecule has 0 heterocycles. The van der Waals surface area contributed by atoms with Crippen LogP contribution in [-0.4, -0.2) is 29.6 Å². The molecule has 0 aliphatic rings. The maximum absolute atomic E-state index is 11.1. The van der Waals surface area contributed by atoms with Crippen LogP contribution >= 0.6 is 0 Å². The average molecular weight is 263 g/mol. The van der Waals surface area contributed by atoms with E-state index in [9.17, 15) is 4.79 Å².